The maximum absolute atomic E-state index is 12.2. The monoisotopic (exact) mass is 380 g/mol. The maximum Gasteiger partial charge on any atom is 0.410 e. The first-order valence-corrected chi connectivity index (χ1v) is 9.69. The summed E-state index contributed by atoms with van der Waals surface area (Å²) in [5, 5.41) is 2.99. The third-order valence-corrected chi connectivity index (χ3v) is 5.02. The van der Waals surface area contributed by atoms with Crippen LogP contribution < -0.4 is 5.32 Å². The Kier molecular flexibility index (Phi) is 8.31. The summed E-state index contributed by atoms with van der Waals surface area (Å²) < 4.78 is 16.6. The molecule has 2 aliphatic heterocycles. The zero-order valence-electron chi connectivity index (χ0n) is 16.6. The number of hydrogen-bond donors (Lipinski definition) is 1. The molecule has 2 aliphatic rings. The number of nitrogens with zero attached hydrogens (tertiary/aromatic N) is 1. The van der Waals surface area contributed by atoms with Gasteiger partial charge in [0.2, 0.25) is 5.91 Å². The van der Waals surface area contributed by atoms with Gasteiger partial charge in [-0.25, -0.2) is 4.79 Å². The summed E-state index contributed by atoms with van der Waals surface area (Å²) in [6, 6.07) is -0.0376. The lowest BCUT2D eigenvalue weighted by atomic mass is 9.88. The van der Waals surface area contributed by atoms with E-state index in [-0.39, 0.29) is 30.3 Å². The highest BCUT2D eigenvalue weighted by Gasteiger charge is 2.33. The molecule has 2 heterocycles. The van der Waals surface area contributed by atoms with Crippen LogP contribution in [0.15, 0.2) is 24.8 Å². The van der Waals surface area contributed by atoms with Crippen molar-refractivity contribution in [2.45, 2.75) is 58.0 Å². The van der Waals surface area contributed by atoms with Crippen molar-refractivity contribution in [3.63, 3.8) is 0 Å². The molecule has 0 bridgehead atoms. The lowest BCUT2D eigenvalue weighted by molar-refractivity contribution is -0.123. The van der Waals surface area contributed by atoms with Crippen molar-refractivity contribution >= 4 is 12.0 Å². The normalized spacial score (nSPS) is 30.0. The van der Waals surface area contributed by atoms with Crippen molar-refractivity contribution in [1.29, 1.82) is 0 Å². The van der Waals surface area contributed by atoms with Gasteiger partial charge >= 0.3 is 6.09 Å². The molecule has 0 aromatic rings. The van der Waals surface area contributed by atoms with Gasteiger partial charge in [-0.15, -0.1) is 6.58 Å². The third kappa shape index (κ3) is 6.66. The van der Waals surface area contributed by atoms with Crippen LogP contribution in [-0.2, 0) is 19.0 Å². The van der Waals surface area contributed by atoms with Gasteiger partial charge in [0.25, 0.3) is 0 Å². The minimum atomic E-state index is -0.484. The van der Waals surface area contributed by atoms with Crippen molar-refractivity contribution in [3.8, 4) is 0 Å². The topological polar surface area (TPSA) is 77.1 Å². The van der Waals surface area contributed by atoms with Crippen molar-refractivity contribution in [2.75, 3.05) is 26.3 Å². The highest BCUT2D eigenvalue weighted by molar-refractivity contribution is 5.87. The van der Waals surface area contributed by atoms with Gasteiger partial charge in [0.1, 0.15) is 6.10 Å². The quantitative estimate of drug-likeness (QED) is 0.565. The molecule has 152 valence electrons. The number of ether oxygens (including phenoxy) is 3. The number of nitrogens with one attached hydrogen (secondary N) is 1. The van der Waals surface area contributed by atoms with E-state index in [1.54, 1.807) is 17.9 Å². The Morgan fingerprint density at radius 1 is 1.33 bits per heavy atom. The van der Waals surface area contributed by atoms with E-state index in [1.165, 1.54) is 6.08 Å². The summed E-state index contributed by atoms with van der Waals surface area (Å²) in [5.41, 5.74) is 0. The molecule has 2 amide bonds. The van der Waals surface area contributed by atoms with Crippen LogP contribution in [0.5, 0.6) is 0 Å². The molecule has 7 heteroatoms. The van der Waals surface area contributed by atoms with Crippen LogP contribution in [0.2, 0.25) is 0 Å². The zero-order valence-corrected chi connectivity index (χ0v) is 16.6. The van der Waals surface area contributed by atoms with E-state index in [0.717, 1.165) is 12.8 Å². The van der Waals surface area contributed by atoms with Crippen LogP contribution in [0.4, 0.5) is 4.79 Å². The Morgan fingerprint density at radius 3 is 2.70 bits per heavy atom. The van der Waals surface area contributed by atoms with Crippen molar-refractivity contribution in [3.05, 3.63) is 24.8 Å². The van der Waals surface area contributed by atoms with Crippen LogP contribution in [0.1, 0.15) is 33.6 Å². The number of carbonyl (C=O) groups excluding carboxylic acids is 2. The van der Waals surface area contributed by atoms with Crippen molar-refractivity contribution < 1.29 is 23.8 Å². The number of morpholine rings is 1. The van der Waals surface area contributed by atoms with E-state index in [9.17, 15) is 9.59 Å². The van der Waals surface area contributed by atoms with Gasteiger partial charge in [-0.3, -0.25) is 4.79 Å². The Labute approximate surface area is 161 Å². The van der Waals surface area contributed by atoms with Crippen LogP contribution in [0.25, 0.3) is 0 Å². The van der Waals surface area contributed by atoms with Crippen LogP contribution in [-0.4, -0.2) is 67.6 Å². The van der Waals surface area contributed by atoms with Crippen LogP contribution in [0, 0.1) is 5.92 Å². The Bertz CT molecular complexity index is 544. The minimum Gasteiger partial charge on any atom is -0.442 e. The largest absolute Gasteiger partial charge is 0.442 e. The van der Waals surface area contributed by atoms with Gasteiger partial charge in [-0.05, 0) is 38.7 Å². The molecule has 2 rings (SSSR count). The molecule has 27 heavy (non-hydrogen) atoms. The van der Waals surface area contributed by atoms with Gasteiger partial charge in [0, 0.05) is 19.2 Å². The minimum absolute atomic E-state index is 0.0376. The Morgan fingerprint density at radius 2 is 2.04 bits per heavy atom. The molecular weight excluding hydrogens is 348 g/mol. The molecular formula is C20H32N2O5. The fourth-order valence-electron chi connectivity index (χ4n) is 3.35. The molecule has 0 radical (unpaired) electrons. The van der Waals surface area contributed by atoms with E-state index >= 15 is 0 Å². The number of amides is 2. The molecule has 0 unspecified atom stereocenters. The van der Waals surface area contributed by atoms with Gasteiger partial charge in [0.05, 0.1) is 31.5 Å². The molecule has 2 fully saturated rings. The van der Waals surface area contributed by atoms with E-state index in [1.807, 2.05) is 13.0 Å². The summed E-state index contributed by atoms with van der Waals surface area (Å²) in [4.78, 5) is 25.9. The summed E-state index contributed by atoms with van der Waals surface area (Å²) >= 11 is 0. The van der Waals surface area contributed by atoms with Gasteiger partial charge < -0.3 is 24.4 Å². The fraction of sp³-hybridized carbons (Fsp3) is 0.700. The zero-order chi connectivity index (χ0) is 19.8. The van der Waals surface area contributed by atoms with Crippen molar-refractivity contribution in [2.24, 2.45) is 5.92 Å². The molecule has 0 aromatic heterocycles. The van der Waals surface area contributed by atoms with Gasteiger partial charge in [-0.1, -0.05) is 13.0 Å². The number of hydrogen-bond acceptors (Lipinski definition) is 5. The Balaban J connectivity index is 1.77. The predicted molar refractivity (Wildman–Crippen MR) is 102 cm³/mol. The second-order valence-electron chi connectivity index (χ2n) is 7.28. The van der Waals surface area contributed by atoms with E-state index in [0.29, 0.717) is 32.2 Å². The van der Waals surface area contributed by atoms with Gasteiger partial charge in [0.15, 0.2) is 0 Å². The first kappa shape index (κ1) is 21.4. The van der Waals surface area contributed by atoms with Gasteiger partial charge in [-0.2, -0.15) is 0 Å². The SMILES string of the molecule is C=CC[C@@H]1O[C@H](C)[C@H](NC(=O)/C=C\[C@H](C)OC(=O)N2CCOCC2)C[C@@H]1C. The average Bonchev–Trinajstić information content (AvgIpc) is 2.65. The molecule has 0 aliphatic carbocycles. The molecule has 0 aromatic carbocycles. The Hall–Kier alpha value is -1.86. The number of rotatable bonds is 6. The first-order chi connectivity index (χ1) is 12.9. The lowest BCUT2D eigenvalue weighted by Crippen LogP contribution is -2.50. The standard InChI is InChI=1S/C20H32N2O5/c1-5-6-18-14(2)13-17(16(4)27-18)21-19(23)8-7-15(3)26-20(24)22-9-11-25-12-10-22/h5,7-8,14-18H,1,6,9-13H2,2-4H3,(H,21,23)/b8-7-/t14-,15-,16+,17+,18-/m0/s1. The lowest BCUT2D eigenvalue weighted by Gasteiger charge is -2.39. The highest BCUT2D eigenvalue weighted by Crippen LogP contribution is 2.27. The summed E-state index contributed by atoms with van der Waals surface area (Å²) in [6.45, 7) is 11.7. The van der Waals surface area contributed by atoms with Crippen LogP contribution in [0.3, 0.4) is 0 Å². The number of carbonyl (C=O) groups is 2. The molecule has 0 saturated carbocycles. The highest BCUT2D eigenvalue weighted by atomic mass is 16.6. The molecule has 5 atom stereocenters. The summed E-state index contributed by atoms with van der Waals surface area (Å²) in [5.74, 6) is 0.140. The second-order valence-corrected chi connectivity index (χ2v) is 7.28. The second kappa shape index (κ2) is 10.5. The fourth-order valence-corrected chi connectivity index (χ4v) is 3.35. The van der Waals surface area contributed by atoms with E-state index < -0.39 is 6.10 Å². The summed E-state index contributed by atoms with van der Waals surface area (Å²) in [6.07, 6.45) is 5.79. The summed E-state index contributed by atoms with van der Waals surface area (Å²) in [7, 11) is 0. The van der Waals surface area contributed by atoms with E-state index in [4.69, 9.17) is 14.2 Å². The average molecular weight is 380 g/mol. The van der Waals surface area contributed by atoms with Crippen molar-refractivity contribution in [1.82, 2.24) is 10.2 Å². The van der Waals surface area contributed by atoms with Crippen LogP contribution >= 0.6 is 0 Å². The predicted octanol–water partition coefficient (Wildman–Crippen LogP) is 2.27. The third-order valence-electron chi connectivity index (χ3n) is 5.02. The molecule has 1 N–H and O–H groups in total. The molecule has 0 spiro atoms. The molecule has 7 nitrogen and oxygen atoms in total. The smallest absolute Gasteiger partial charge is 0.410 e. The first-order valence-electron chi connectivity index (χ1n) is 9.69. The maximum atomic E-state index is 12.2. The van der Waals surface area contributed by atoms with E-state index in [2.05, 4.69) is 18.8 Å². The molecule has 2 saturated heterocycles.